The quantitative estimate of drug-likeness (QED) is 0.298. The Bertz CT molecular complexity index is 1710. The first-order valence-corrected chi connectivity index (χ1v) is 14.8. The van der Waals surface area contributed by atoms with Gasteiger partial charge in [0.1, 0.15) is 11.9 Å². The molecule has 0 radical (unpaired) electrons. The third-order valence-electron chi connectivity index (χ3n) is 7.90. The molecule has 2 fully saturated rings. The summed E-state index contributed by atoms with van der Waals surface area (Å²) in [5.74, 6) is -0.833. The van der Waals surface area contributed by atoms with Crippen LogP contribution in [0.2, 0.25) is 0 Å². The van der Waals surface area contributed by atoms with Crippen molar-refractivity contribution in [2.75, 3.05) is 25.1 Å². The van der Waals surface area contributed by atoms with Gasteiger partial charge < -0.3 is 14.5 Å². The van der Waals surface area contributed by atoms with Crippen molar-refractivity contribution in [3.8, 4) is 11.6 Å². The SMILES string of the molecule is COc1cc(=O)c(C(=O)N2CCCCC2Cc2cn(C3CCN(c4ccc(Br)cc4)C3=O)nn2)nn1-c1ccc(F)cc1. The molecule has 0 bridgehead atoms. The average molecular weight is 651 g/mol. The van der Waals surface area contributed by atoms with Crippen LogP contribution >= 0.6 is 15.9 Å². The van der Waals surface area contributed by atoms with Crippen LogP contribution in [-0.2, 0) is 11.2 Å². The molecular formula is C30H29BrFN7O4. The number of likely N-dealkylation sites (tertiary alicyclic amines) is 1. The second-order valence-electron chi connectivity index (χ2n) is 10.6. The van der Waals surface area contributed by atoms with E-state index in [2.05, 4.69) is 31.3 Å². The maximum absolute atomic E-state index is 13.8. The second-order valence-corrected chi connectivity index (χ2v) is 11.5. The molecule has 13 heteroatoms. The predicted octanol–water partition coefficient (Wildman–Crippen LogP) is 3.95. The molecule has 4 heterocycles. The van der Waals surface area contributed by atoms with Gasteiger partial charge in [0.2, 0.25) is 11.3 Å². The number of rotatable bonds is 7. The van der Waals surface area contributed by atoms with Crippen LogP contribution in [0, 0.1) is 5.82 Å². The molecule has 0 N–H and O–H groups in total. The summed E-state index contributed by atoms with van der Waals surface area (Å²) in [5.41, 5.74) is 1.12. The zero-order chi connectivity index (χ0) is 30.1. The molecule has 43 heavy (non-hydrogen) atoms. The van der Waals surface area contributed by atoms with Gasteiger partial charge in [-0.15, -0.1) is 5.10 Å². The molecule has 0 spiro atoms. The summed E-state index contributed by atoms with van der Waals surface area (Å²) in [6, 6.07) is 13.6. The summed E-state index contributed by atoms with van der Waals surface area (Å²) in [7, 11) is 1.39. The molecule has 0 aliphatic carbocycles. The molecule has 2 amide bonds. The highest BCUT2D eigenvalue weighted by Gasteiger charge is 2.36. The van der Waals surface area contributed by atoms with Gasteiger partial charge in [0.15, 0.2) is 5.69 Å². The van der Waals surface area contributed by atoms with Crippen LogP contribution in [0.15, 0.2) is 70.1 Å². The van der Waals surface area contributed by atoms with E-state index in [1.54, 1.807) is 20.7 Å². The Morgan fingerprint density at radius 2 is 1.77 bits per heavy atom. The van der Waals surface area contributed by atoms with E-state index in [1.807, 2.05) is 24.3 Å². The van der Waals surface area contributed by atoms with Gasteiger partial charge in [-0.2, -0.15) is 5.10 Å². The highest BCUT2D eigenvalue weighted by atomic mass is 79.9. The van der Waals surface area contributed by atoms with Gasteiger partial charge in [-0.25, -0.2) is 13.8 Å². The maximum Gasteiger partial charge on any atom is 0.278 e. The summed E-state index contributed by atoms with van der Waals surface area (Å²) >= 11 is 3.42. The van der Waals surface area contributed by atoms with E-state index < -0.39 is 23.2 Å². The number of halogens is 2. The predicted molar refractivity (Wildman–Crippen MR) is 159 cm³/mol. The Morgan fingerprint density at radius 1 is 1.02 bits per heavy atom. The minimum absolute atomic E-state index is 0.0451. The lowest BCUT2D eigenvalue weighted by Crippen LogP contribution is -2.46. The van der Waals surface area contributed by atoms with Gasteiger partial charge in [-0.05, 0) is 74.2 Å². The third kappa shape index (κ3) is 5.81. The standard InChI is InChI=1S/C30H29BrFN7O4/c1-43-27-17-26(40)28(34-39(27)23-11-7-20(32)8-12-23)30(42)36-14-3-2-4-24(36)16-21-18-38(35-33-21)25-13-15-37(29(25)41)22-9-5-19(31)6-10-22/h5-12,17-18,24-25H,2-4,13-16H2,1H3. The van der Waals surface area contributed by atoms with Crippen LogP contribution in [0.5, 0.6) is 5.88 Å². The molecular weight excluding hydrogens is 621 g/mol. The molecule has 2 aromatic heterocycles. The lowest BCUT2D eigenvalue weighted by molar-refractivity contribution is -0.120. The van der Waals surface area contributed by atoms with Crippen molar-refractivity contribution in [3.05, 3.63) is 92.7 Å². The Kier molecular flexibility index (Phi) is 8.06. The van der Waals surface area contributed by atoms with Gasteiger partial charge in [0, 0.05) is 41.9 Å². The number of nitrogens with zero attached hydrogens (tertiary/aromatic N) is 7. The van der Waals surface area contributed by atoms with Crippen molar-refractivity contribution >= 4 is 33.4 Å². The fraction of sp³-hybridized carbons (Fsp3) is 0.333. The van der Waals surface area contributed by atoms with Crippen LogP contribution < -0.4 is 15.1 Å². The summed E-state index contributed by atoms with van der Waals surface area (Å²) in [5, 5.41) is 13.0. The van der Waals surface area contributed by atoms with Crippen molar-refractivity contribution < 1.29 is 18.7 Å². The lowest BCUT2D eigenvalue weighted by atomic mass is 9.97. The molecule has 11 nitrogen and oxygen atoms in total. The number of piperidine rings is 1. The largest absolute Gasteiger partial charge is 0.481 e. The van der Waals surface area contributed by atoms with Crippen molar-refractivity contribution in [2.45, 2.75) is 44.2 Å². The number of carbonyl (C=O) groups excluding carboxylic acids is 2. The van der Waals surface area contributed by atoms with Gasteiger partial charge in [0.05, 0.1) is 24.6 Å². The van der Waals surface area contributed by atoms with Gasteiger partial charge in [0.25, 0.3) is 11.8 Å². The van der Waals surface area contributed by atoms with Crippen molar-refractivity contribution in [1.82, 2.24) is 29.7 Å². The van der Waals surface area contributed by atoms with Crippen molar-refractivity contribution in [2.24, 2.45) is 0 Å². The number of hydrogen-bond acceptors (Lipinski definition) is 7. The van der Waals surface area contributed by atoms with Gasteiger partial charge >= 0.3 is 0 Å². The summed E-state index contributed by atoms with van der Waals surface area (Å²) < 4.78 is 22.7. The summed E-state index contributed by atoms with van der Waals surface area (Å²) in [4.78, 5) is 43.4. The molecule has 0 saturated carbocycles. The number of carbonyl (C=O) groups is 2. The molecule has 2 aliphatic rings. The molecule has 2 aromatic carbocycles. The fourth-order valence-electron chi connectivity index (χ4n) is 5.71. The van der Waals surface area contributed by atoms with Crippen LogP contribution in [0.25, 0.3) is 5.69 Å². The van der Waals surface area contributed by atoms with Crippen LogP contribution in [0.3, 0.4) is 0 Å². The molecule has 2 saturated heterocycles. The number of amides is 2. The fourth-order valence-corrected chi connectivity index (χ4v) is 5.97. The van der Waals surface area contributed by atoms with E-state index in [0.717, 1.165) is 29.4 Å². The molecule has 4 aromatic rings. The van der Waals surface area contributed by atoms with Gasteiger partial charge in [-0.3, -0.25) is 14.4 Å². The second kappa shape index (κ2) is 12.1. The lowest BCUT2D eigenvalue weighted by Gasteiger charge is -2.35. The zero-order valence-corrected chi connectivity index (χ0v) is 25.0. The first-order chi connectivity index (χ1) is 20.8. The highest BCUT2D eigenvalue weighted by Crippen LogP contribution is 2.29. The average Bonchev–Trinajstić information content (AvgIpc) is 3.64. The Morgan fingerprint density at radius 3 is 2.51 bits per heavy atom. The van der Waals surface area contributed by atoms with Crippen LogP contribution in [-0.4, -0.2) is 67.7 Å². The smallest absolute Gasteiger partial charge is 0.278 e. The molecule has 2 unspecified atom stereocenters. The monoisotopic (exact) mass is 649 g/mol. The number of ether oxygens (including phenoxy) is 1. The number of methoxy groups -OCH3 is 1. The van der Waals surface area contributed by atoms with E-state index in [1.165, 1.54) is 42.1 Å². The molecule has 6 rings (SSSR count). The molecule has 2 atom stereocenters. The first-order valence-electron chi connectivity index (χ1n) is 14.1. The Labute approximate surface area is 255 Å². The third-order valence-corrected chi connectivity index (χ3v) is 8.43. The zero-order valence-electron chi connectivity index (χ0n) is 23.4. The number of benzene rings is 2. The minimum atomic E-state index is -0.564. The topological polar surface area (TPSA) is 115 Å². The number of hydrogen-bond donors (Lipinski definition) is 0. The van der Waals surface area contributed by atoms with E-state index in [-0.39, 0.29) is 23.5 Å². The number of anilines is 1. The number of aromatic nitrogens is 5. The van der Waals surface area contributed by atoms with Crippen molar-refractivity contribution in [3.63, 3.8) is 0 Å². The first kappa shape index (κ1) is 28.7. The van der Waals surface area contributed by atoms with E-state index in [0.29, 0.717) is 37.3 Å². The Balaban J connectivity index is 1.20. The van der Waals surface area contributed by atoms with Crippen molar-refractivity contribution in [1.29, 1.82) is 0 Å². The van der Waals surface area contributed by atoms with E-state index >= 15 is 0 Å². The molecule has 2 aliphatic heterocycles. The summed E-state index contributed by atoms with van der Waals surface area (Å²) in [6.07, 6.45) is 5.24. The highest BCUT2D eigenvalue weighted by molar-refractivity contribution is 9.10. The normalized spacial score (nSPS) is 18.7. The van der Waals surface area contributed by atoms with Crippen LogP contribution in [0.1, 0.15) is 47.9 Å². The minimum Gasteiger partial charge on any atom is -0.481 e. The molecule has 222 valence electrons. The van der Waals surface area contributed by atoms with E-state index in [4.69, 9.17) is 4.74 Å². The maximum atomic E-state index is 13.8. The Hall–Kier alpha value is -4.39. The van der Waals surface area contributed by atoms with E-state index in [9.17, 15) is 18.8 Å². The van der Waals surface area contributed by atoms with Crippen LogP contribution in [0.4, 0.5) is 10.1 Å². The summed E-state index contributed by atoms with van der Waals surface area (Å²) in [6.45, 7) is 1.04. The van der Waals surface area contributed by atoms with Gasteiger partial charge in [-0.1, -0.05) is 21.1 Å².